The molecule has 1 aromatic heterocycles. The number of hydrogen-bond acceptors (Lipinski definition) is 5. The van der Waals surface area contributed by atoms with Crippen LogP contribution in [0, 0.1) is 0 Å². The van der Waals surface area contributed by atoms with Crippen LogP contribution >= 0.6 is 0 Å². The van der Waals surface area contributed by atoms with E-state index >= 15 is 0 Å². The molecule has 0 aromatic carbocycles. The summed E-state index contributed by atoms with van der Waals surface area (Å²) in [6.07, 6.45) is 9.50. The Morgan fingerprint density at radius 1 is 1.37 bits per heavy atom. The Labute approximate surface area is 112 Å². The molecule has 2 N–H and O–H groups in total. The van der Waals surface area contributed by atoms with Gasteiger partial charge in [-0.1, -0.05) is 19.3 Å². The van der Waals surface area contributed by atoms with Crippen LogP contribution in [-0.2, 0) is 4.79 Å². The normalized spacial score (nSPS) is 16.1. The SMILES string of the molecule is CN(CC(=O)O)c1cnc(NC2CCCCC2)cn1. The molecule has 6 heteroatoms. The molecule has 19 heavy (non-hydrogen) atoms. The third kappa shape index (κ3) is 4.08. The predicted molar refractivity (Wildman–Crippen MR) is 73.4 cm³/mol. The molecule has 1 aliphatic rings. The summed E-state index contributed by atoms with van der Waals surface area (Å²) in [4.78, 5) is 20.7. The zero-order valence-corrected chi connectivity index (χ0v) is 11.2. The number of aliphatic carboxylic acids is 1. The third-order valence-electron chi connectivity index (χ3n) is 3.36. The number of likely N-dealkylation sites (N-methyl/N-ethyl adjacent to an activating group) is 1. The average Bonchev–Trinajstić information content (AvgIpc) is 2.40. The summed E-state index contributed by atoms with van der Waals surface area (Å²) >= 11 is 0. The summed E-state index contributed by atoms with van der Waals surface area (Å²) in [5.41, 5.74) is 0. The molecule has 0 saturated heterocycles. The number of hydrogen-bond donors (Lipinski definition) is 2. The second-order valence-corrected chi connectivity index (χ2v) is 4.99. The molecule has 0 spiro atoms. The van der Waals surface area contributed by atoms with Gasteiger partial charge in [-0.2, -0.15) is 0 Å². The number of anilines is 2. The lowest BCUT2D eigenvalue weighted by Crippen LogP contribution is -2.26. The summed E-state index contributed by atoms with van der Waals surface area (Å²) in [6, 6.07) is 0.491. The first-order chi connectivity index (χ1) is 9.15. The highest BCUT2D eigenvalue weighted by molar-refractivity contribution is 5.72. The van der Waals surface area contributed by atoms with Gasteiger partial charge in [0, 0.05) is 13.1 Å². The maximum absolute atomic E-state index is 10.6. The highest BCUT2D eigenvalue weighted by atomic mass is 16.4. The van der Waals surface area contributed by atoms with Crippen LogP contribution in [0.3, 0.4) is 0 Å². The van der Waals surface area contributed by atoms with Gasteiger partial charge in [-0.05, 0) is 12.8 Å². The smallest absolute Gasteiger partial charge is 0.323 e. The maximum atomic E-state index is 10.6. The first kappa shape index (κ1) is 13.6. The van der Waals surface area contributed by atoms with Crippen molar-refractivity contribution in [1.29, 1.82) is 0 Å². The van der Waals surface area contributed by atoms with Crippen LogP contribution in [0.2, 0.25) is 0 Å². The summed E-state index contributed by atoms with van der Waals surface area (Å²) in [5.74, 6) is 0.449. The van der Waals surface area contributed by atoms with Gasteiger partial charge in [0.25, 0.3) is 0 Å². The number of nitrogens with one attached hydrogen (secondary N) is 1. The minimum Gasteiger partial charge on any atom is -0.480 e. The van der Waals surface area contributed by atoms with E-state index in [1.54, 1.807) is 24.3 Å². The van der Waals surface area contributed by atoms with Crippen molar-refractivity contribution >= 4 is 17.6 Å². The molecule has 1 fully saturated rings. The van der Waals surface area contributed by atoms with Crippen LogP contribution in [0.5, 0.6) is 0 Å². The van der Waals surface area contributed by atoms with Gasteiger partial charge >= 0.3 is 5.97 Å². The van der Waals surface area contributed by atoms with Gasteiger partial charge in [-0.25, -0.2) is 9.97 Å². The molecule has 0 aliphatic heterocycles. The van der Waals surface area contributed by atoms with E-state index in [0.717, 1.165) is 5.82 Å². The highest BCUT2D eigenvalue weighted by Crippen LogP contribution is 2.20. The van der Waals surface area contributed by atoms with Gasteiger partial charge in [-0.3, -0.25) is 4.79 Å². The number of nitrogens with zero attached hydrogens (tertiary/aromatic N) is 3. The molecule has 1 heterocycles. The topological polar surface area (TPSA) is 78.4 Å². The minimum absolute atomic E-state index is 0.0793. The molecular formula is C13H20N4O2. The van der Waals surface area contributed by atoms with Gasteiger partial charge in [0.1, 0.15) is 18.2 Å². The standard InChI is InChI=1S/C13H20N4O2/c1-17(9-13(18)19)12-8-14-11(7-15-12)16-10-5-3-2-4-6-10/h7-8,10H,2-6,9H2,1H3,(H,14,16)(H,18,19). The molecule has 6 nitrogen and oxygen atoms in total. The molecule has 1 aliphatic carbocycles. The summed E-state index contributed by atoms with van der Waals surface area (Å²) < 4.78 is 0. The fraction of sp³-hybridized carbons (Fsp3) is 0.615. The Hall–Kier alpha value is -1.85. The Bertz CT molecular complexity index is 415. The fourth-order valence-corrected chi connectivity index (χ4v) is 2.33. The lowest BCUT2D eigenvalue weighted by molar-refractivity contribution is -0.135. The van der Waals surface area contributed by atoms with Crippen molar-refractivity contribution in [2.75, 3.05) is 23.8 Å². The van der Waals surface area contributed by atoms with Gasteiger partial charge < -0.3 is 15.3 Å². The van der Waals surface area contributed by atoms with E-state index in [9.17, 15) is 4.79 Å². The largest absolute Gasteiger partial charge is 0.480 e. The monoisotopic (exact) mass is 264 g/mol. The van der Waals surface area contributed by atoms with E-state index in [0.29, 0.717) is 11.9 Å². The Balaban J connectivity index is 1.92. The molecule has 0 unspecified atom stereocenters. The van der Waals surface area contributed by atoms with E-state index in [4.69, 9.17) is 5.11 Å². The quantitative estimate of drug-likeness (QED) is 0.843. The zero-order valence-electron chi connectivity index (χ0n) is 11.2. The van der Waals surface area contributed by atoms with E-state index < -0.39 is 5.97 Å². The molecule has 1 saturated carbocycles. The third-order valence-corrected chi connectivity index (χ3v) is 3.36. The summed E-state index contributed by atoms with van der Waals surface area (Å²) in [6.45, 7) is -0.0793. The van der Waals surface area contributed by atoms with Crippen molar-refractivity contribution in [3.05, 3.63) is 12.4 Å². The molecule has 1 aromatic rings. The predicted octanol–water partition coefficient (Wildman–Crippen LogP) is 1.74. The van der Waals surface area contributed by atoms with Crippen molar-refractivity contribution in [3.8, 4) is 0 Å². The molecule has 0 amide bonds. The second-order valence-electron chi connectivity index (χ2n) is 4.99. The lowest BCUT2D eigenvalue weighted by atomic mass is 9.96. The van der Waals surface area contributed by atoms with Gasteiger partial charge in [0.05, 0.1) is 12.4 Å². The second kappa shape index (κ2) is 6.36. The molecule has 2 rings (SSSR count). The van der Waals surface area contributed by atoms with Gasteiger partial charge in [0.15, 0.2) is 0 Å². The average molecular weight is 264 g/mol. The summed E-state index contributed by atoms with van der Waals surface area (Å²) in [7, 11) is 1.69. The number of carbonyl (C=O) groups is 1. The number of carboxylic acid groups (broad SMARTS) is 1. The van der Waals surface area contributed by atoms with Gasteiger partial charge in [0.2, 0.25) is 0 Å². The molecular weight excluding hydrogens is 244 g/mol. The first-order valence-electron chi connectivity index (χ1n) is 6.66. The Kier molecular flexibility index (Phi) is 4.54. The van der Waals surface area contributed by atoms with Crippen molar-refractivity contribution in [1.82, 2.24) is 9.97 Å². The Morgan fingerprint density at radius 3 is 2.68 bits per heavy atom. The van der Waals surface area contributed by atoms with Crippen LogP contribution in [0.15, 0.2) is 12.4 Å². The van der Waals surface area contributed by atoms with Crippen molar-refractivity contribution in [2.45, 2.75) is 38.1 Å². The minimum atomic E-state index is -0.881. The summed E-state index contributed by atoms with van der Waals surface area (Å²) in [5, 5.41) is 12.1. The lowest BCUT2D eigenvalue weighted by Gasteiger charge is -2.23. The van der Waals surface area contributed by atoms with Crippen molar-refractivity contribution in [2.24, 2.45) is 0 Å². The Morgan fingerprint density at radius 2 is 2.11 bits per heavy atom. The molecule has 0 bridgehead atoms. The molecule has 0 atom stereocenters. The van der Waals surface area contributed by atoms with E-state index in [1.807, 2.05) is 0 Å². The molecule has 104 valence electrons. The van der Waals surface area contributed by atoms with E-state index in [2.05, 4.69) is 15.3 Å². The van der Waals surface area contributed by atoms with Crippen LogP contribution in [-0.4, -0.2) is 40.7 Å². The van der Waals surface area contributed by atoms with Crippen LogP contribution in [0.1, 0.15) is 32.1 Å². The number of aromatic nitrogens is 2. The van der Waals surface area contributed by atoms with E-state index in [-0.39, 0.29) is 6.54 Å². The van der Waals surface area contributed by atoms with Crippen LogP contribution in [0.25, 0.3) is 0 Å². The van der Waals surface area contributed by atoms with Crippen molar-refractivity contribution in [3.63, 3.8) is 0 Å². The number of rotatable bonds is 5. The van der Waals surface area contributed by atoms with Crippen LogP contribution in [0.4, 0.5) is 11.6 Å². The van der Waals surface area contributed by atoms with E-state index in [1.165, 1.54) is 32.1 Å². The first-order valence-corrected chi connectivity index (χ1v) is 6.66. The fourth-order valence-electron chi connectivity index (χ4n) is 2.33. The zero-order chi connectivity index (χ0) is 13.7. The van der Waals surface area contributed by atoms with Crippen LogP contribution < -0.4 is 10.2 Å². The maximum Gasteiger partial charge on any atom is 0.323 e. The van der Waals surface area contributed by atoms with Crippen molar-refractivity contribution < 1.29 is 9.90 Å². The molecule has 0 radical (unpaired) electrons. The highest BCUT2D eigenvalue weighted by Gasteiger charge is 2.14. The van der Waals surface area contributed by atoms with Gasteiger partial charge in [-0.15, -0.1) is 0 Å². The number of carboxylic acids is 1.